The van der Waals surface area contributed by atoms with E-state index in [-0.39, 0.29) is 28.7 Å². The number of allylic oxidation sites excluding steroid dienone is 1. The van der Waals surface area contributed by atoms with E-state index in [1.54, 1.807) is 25.1 Å². The summed E-state index contributed by atoms with van der Waals surface area (Å²) in [6, 6.07) is 11.4. The first-order valence-corrected chi connectivity index (χ1v) is 16.7. The van der Waals surface area contributed by atoms with E-state index in [4.69, 9.17) is 16.3 Å². The Morgan fingerprint density at radius 2 is 1.98 bits per heavy atom. The van der Waals surface area contributed by atoms with Crippen LogP contribution in [0, 0.1) is 17.8 Å². The Morgan fingerprint density at radius 1 is 1.15 bits per heavy atom. The molecule has 0 unspecified atom stereocenters. The van der Waals surface area contributed by atoms with Crippen LogP contribution in [0.5, 0.6) is 5.75 Å². The summed E-state index contributed by atoms with van der Waals surface area (Å²) in [5.74, 6) is 0.232. The van der Waals surface area contributed by atoms with Crippen molar-refractivity contribution in [3.05, 3.63) is 70.3 Å². The predicted octanol–water partition coefficient (Wildman–Crippen LogP) is 5.24. The van der Waals surface area contributed by atoms with Gasteiger partial charge >= 0.3 is 0 Å². The Balaban J connectivity index is 1.42. The maximum absolute atomic E-state index is 13.3. The third-order valence-electron chi connectivity index (χ3n) is 10.0. The molecule has 41 heavy (non-hydrogen) atoms. The van der Waals surface area contributed by atoms with Gasteiger partial charge in [0.2, 0.25) is 10.0 Å². The first-order chi connectivity index (χ1) is 19.6. The van der Waals surface area contributed by atoms with Crippen molar-refractivity contribution in [2.45, 2.75) is 69.1 Å². The van der Waals surface area contributed by atoms with Gasteiger partial charge in [-0.15, -0.1) is 0 Å². The number of aliphatic hydroxyl groups is 1. The largest absolute Gasteiger partial charge is 0.490 e. The van der Waals surface area contributed by atoms with E-state index in [1.165, 1.54) is 11.1 Å². The minimum atomic E-state index is -3.91. The van der Waals surface area contributed by atoms with Gasteiger partial charge in [0.1, 0.15) is 5.75 Å². The normalized spacial score (nSPS) is 33.8. The summed E-state index contributed by atoms with van der Waals surface area (Å²) in [6.45, 7) is 5.39. The molecule has 2 bridgehead atoms. The average molecular weight is 599 g/mol. The molecule has 2 aromatic rings. The number of ether oxygens (including phenoxy) is 1. The lowest BCUT2D eigenvalue weighted by Gasteiger charge is -2.45. The quantitative estimate of drug-likeness (QED) is 0.403. The van der Waals surface area contributed by atoms with E-state index < -0.39 is 27.3 Å². The minimum absolute atomic E-state index is 0.128. The number of fused-ring (bicyclic) bond motifs is 4. The van der Waals surface area contributed by atoms with Crippen LogP contribution >= 0.6 is 11.6 Å². The van der Waals surface area contributed by atoms with Crippen LogP contribution in [-0.4, -0.2) is 50.5 Å². The number of amides is 1. The molecule has 2 heterocycles. The van der Waals surface area contributed by atoms with Gasteiger partial charge in [0.05, 0.1) is 23.6 Å². The van der Waals surface area contributed by atoms with Gasteiger partial charge in [-0.1, -0.05) is 36.7 Å². The molecule has 0 radical (unpaired) electrons. The Kier molecular flexibility index (Phi) is 7.62. The zero-order valence-electron chi connectivity index (χ0n) is 23.7. The number of sulfonamides is 1. The summed E-state index contributed by atoms with van der Waals surface area (Å²) in [4.78, 5) is 15.6. The van der Waals surface area contributed by atoms with E-state index in [0.29, 0.717) is 31.9 Å². The van der Waals surface area contributed by atoms with Gasteiger partial charge in [0.25, 0.3) is 5.91 Å². The van der Waals surface area contributed by atoms with Crippen molar-refractivity contribution < 1.29 is 23.1 Å². The lowest BCUT2D eigenvalue weighted by Crippen LogP contribution is -2.49. The highest BCUT2D eigenvalue weighted by atomic mass is 35.5. The van der Waals surface area contributed by atoms with Crippen molar-refractivity contribution in [3.63, 3.8) is 0 Å². The number of hydrogen-bond acceptors (Lipinski definition) is 6. The van der Waals surface area contributed by atoms with Gasteiger partial charge in [0, 0.05) is 29.1 Å². The summed E-state index contributed by atoms with van der Waals surface area (Å²) in [5, 5.41) is 11.1. The predicted molar refractivity (Wildman–Crippen MR) is 161 cm³/mol. The fourth-order valence-electron chi connectivity index (χ4n) is 7.16. The molecule has 6 atom stereocenters. The third kappa shape index (κ3) is 5.39. The molecule has 4 aliphatic rings. The van der Waals surface area contributed by atoms with Gasteiger partial charge in [-0.05, 0) is 105 Å². The molecule has 1 saturated carbocycles. The molecular formula is C32H39ClN2O5S. The van der Waals surface area contributed by atoms with Crippen LogP contribution in [0.25, 0.3) is 0 Å². The number of halogens is 1. The number of anilines is 1. The number of carbonyl (C=O) groups is 1. The molecule has 2 aromatic carbocycles. The summed E-state index contributed by atoms with van der Waals surface area (Å²) in [7, 11) is -3.91. The molecule has 0 saturated heterocycles. The van der Waals surface area contributed by atoms with Crippen molar-refractivity contribution in [1.82, 2.24) is 4.72 Å². The molecule has 2 N–H and O–H groups in total. The van der Waals surface area contributed by atoms with Crippen LogP contribution in [0.3, 0.4) is 0 Å². The first kappa shape index (κ1) is 28.6. The van der Waals surface area contributed by atoms with Crippen LogP contribution in [0.2, 0.25) is 5.02 Å². The van der Waals surface area contributed by atoms with Crippen LogP contribution in [0.4, 0.5) is 5.69 Å². The first-order valence-electron chi connectivity index (χ1n) is 14.8. The number of carbonyl (C=O) groups excluding carboxylic acids is 1. The van der Waals surface area contributed by atoms with Crippen molar-refractivity contribution in [1.29, 1.82) is 0 Å². The fraction of sp³-hybridized carbons (Fsp3) is 0.531. The molecule has 6 rings (SSSR count). The van der Waals surface area contributed by atoms with Crippen molar-refractivity contribution in [3.8, 4) is 5.75 Å². The van der Waals surface area contributed by atoms with Gasteiger partial charge in [0.15, 0.2) is 0 Å². The Morgan fingerprint density at radius 3 is 2.76 bits per heavy atom. The SMILES string of the molecule is C[C@H]1C/C=C\[C@H](O)[C@@H]2CC[C@H]2CN2C[C@@]3(CCCc4cc(Cl)ccc43)COc3ccc(cc32)C(=O)NS(=O)(=O)[C@H]1C. The average Bonchev–Trinajstić information content (AvgIpc) is 3.06. The molecule has 1 fully saturated rings. The van der Waals surface area contributed by atoms with Gasteiger partial charge in [-0.2, -0.15) is 0 Å². The van der Waals surface area contributed by atoms with Crippen LogP contribution < -0.4 is 14.4 Å². The number of aliphatic hydroxyl groups excluding tert-OH is 1. The zero-order chi connectivity index (χ0) is 28.9. The van der Waals surface area contributed by atoms with Gasteiger partial charge in [-0.3, -0.25) is 4.79 Å². The molecule has 220 valence electrons. The lowest BCUT2D eigenvalue weighted by atomic mass is 9.68. The Bertz CT molecular complexity index is 1480. The highest BCUT2D eigenvalue weighted by Crippen LogP contribution is 2.46. The van der Waals surface area contributed by atoms with E-state index in [9.17, 15) is 18.3 Å². The Labute approximate surface area is 248 Å². The summed E-state index contributed by atoms with van der Waals surface area (Å²) < 4.78 is 35.1. The molecular weight excluding hydrogens is 560 g/mol. The van der Waals surface area contributed by atoms with E-state index in [1.807, 2.05) is 25.1 Å². The highest BCUT2D eigenvalue weighted by molar-refractivity contribution is 7.90. The van der Waals surface area contributed by atoms with Crippen molar-refractivity contribution >= 4 is 33.2 Å². The second-order valence-electron chi connectivity index (χ2n) is 12.6. The molecule has 0 aromatic heterocycles. The fourth-order valence-corrected chi connectivity index (χ4v) is 8.64. The molecule has 2 aliphatic heterocycles. The third-order valence-corrected chi connectivity index (χ3v) is 12.2. The second-order valence-corrected chi connectivity index (χ2v) is 15.1. The van der Waals surface area contributed by atoms with Crippen molar-refractivity contribution in [2.75, 3.05) is 24.6 Å². The highest BCUT2D eigenvalue weighted by Gasteiger charge is 2.44. The maximum atomic E-state index is 13.3. The van der Waals surface area contributed by atoms with E-state index >= 15 is 0 Å². The van der Waals surface area contributed by atoms with Gasteiger partial charge < -0.3 is 14.7 Å². The summed E-state index contributed by atoms with van der Waals surface area (Å²) >= 11 is 6.38. The number of nitrogens with zero attached hydrogens (tertiary/aromatic N) is 1. The second kappa shape index (κ2) is 10.9. The van der Waals surface area contributed by atoms with E-state index in [0.717, 1.165) is 42.8 Å². The smallest absolute Gasteiger partial charge is 0.264 e. The number of hydrogen-bond donors (Lipinski definition) is 2. The monoisotopic (exact) mass is 598 g/mol. The van der Waals surface area contributed by atoms with Crippen LogP contribution in [0.1, 0.15) is 67.4 Å². The molecule has 7 nitrogen and oxygen atoms in total. The number of rotatable bonds is 0. The number of aryl methyl sites for hydroxylation is 1. The zero-order valence-corrected chi connectivity index (χ0v) is 25.3. The Hall–Kier alpha value is -2.55. The summed E-state index contributed by atoms with van der Waals surface area (Å²) in [6.07, 6.45) is 8.58. The molecule has 1 amide bonds. The topological polar surface area (TPSA) is 95.9 Å². The number of nitrogens with one attached hydrogen (secondary N) is 1. The van der Waals surface area contributed by atoms with E-state index in [2.05, 4.69) is 21.8 Å². The van der Waals surface area contributed by atoms with Crippen molar-refractivity contribution in [2.24, 2.45) is 17.8 Å². The van der Waals surface area contributed by atoms with Gasteiger partial charge in [-0.25, -0.2) is 13.1 Å². The molecule has 1 spiro atoms. The number of benzene rings is 2. The maximum Gasteiger partial charge on any atom is 0.264 e. The minimum Gasteiger partial charge on any atom is -0.490 e. The lowest BCUT2D eigenvalue weighted by molar-refractivity contribution is 0.0456. The standard InChI is InChI=1S/C32H39ClN2O5S/c1-20-5-3-7-29(36)26-11-8-24(26)17-35-18-32(14-4-6-22-15-25(33)10-12-27(22)32)19-40-30-13-9-23(16-28(30)35)31(37)34-41(38,39)21(20)2/h3,7,9-10,12-13,15-16,20-21,24,26,29,36H,4-6,8,11,14,17-19H2,1-2H3,(H,34,37)/b7-3-/t20-,21-,24-,26+,29-,32-/m0/s1. The molecule has 2 aliphatic carbocycles. The van der Waals surface area contributed by atoms with Crippen LogP contribution in [0.15, 0.2) is 48.6 Å². The summed E-state index contributed by atoms with van der Waals surface area (Å²) in [5.41, 5.74) is 3.33. The molecule has 9 heteroatoms. The van der Waals surface area contributed by atoms with Crippen LogP contribution in [-0.2, 0) is 21.9 Å².